The smallest absolute Gasteiger partial charge is 0.335 e. The van der Waals surface area contributed by atoms with Crippen LogP contribution in [0.2, 0.25) is 0 Å². The summed E-state index contributed by atoms with van der Waals surface area (Å²) in [5.74, 6) is -0.737. The van der Waals surface area contributed by atoms with Crippen LogP contribution in [0.15, 0.2) is 78.9 Å². The summed E-state index contributed by atoms with van der Waals surface area (Å²) in [5.41, 5.74) is 1.45. The van der Waals surface area contributed by atoms with Gasteiger partial charge in [0.2, 0.25) is 0 Å². The highest BCUT2D eigenvalue weighted by Crippen LogP contribution is 2.16. The summed E-state index contributed by atoms with van der Waals surface area (Å²) in [6.45, 7) is 2.03. The van der Waals surface area contributed by atoms with Crippen LogP contribution < -0.4 is 14.4 Å². The quantitative estimate of drug-likeness (QED) is 0.482. The van der Waals surface area contributed by atoms with E-state index < -0.39 is 11.9 Å². The van der Waals surface area contributed by atoms with E-state index in [4.69, 9.17) is 19.7 Å². The fourth-order valence-electron chi connectivity index (χ4n) is 2.94. The van der Waals surface area contributed by atoms with Gasteiger partial charge in [-0.15, -0.1) is 0 Å². The molecule has 0 atom stereocenters. The van der Waals surface area contributed by atoms with E-state index in [2.05, 4.69) is 4.90 Å². The Hall–Kier alpha value is -4.00. The number of benzene rings is 3. The number of rotatable bonds is 11. The predicted molar refractivity (Wildman–Crippen MR) is 116 cm³/mol. The lowest BCUT2D eigenvalue weighted by atomic mass is 10.2. The first kappa shape index (κ1) is 21.7. The average Bonchev–Trinajstić information content (AvgIpc) is 2.79. The molecule has 0 saturated heterocycles. The Bertz CT molecular complexity index is 923. The van der Waals surface area contributed by atoms with Crippen LogP contribution in [0.5, 0.6) is 11.5 Å². The molecule has 0 bridgehead atoms. The molecule has 3 rings (SSSR count). The normalized spacial score (nSPS) is 10.3. The van der Waals surface area contributed by atoms with Crippen LogP contribution in [0.25, 0.3) is 0 Å². The van der Waals surface area contributed by atoms with Gasteiger partial charge in [0.1, 0.15) is 24.7 Å². The third-order valence-corrected chi connectivity index (χ3v) is 4.58. The molecule has 160 valence electrons. The summed E-state index contributed by atoms with van der Waals surface area (Å²) in [7, 11) is 0. The minimum Gasteiger partial charge on any atom is -0.492 e. The second-order valence-corrected chi connectivity index (χ2v) is 6.68. The van der Waals surface area contributed by atoms with Crippen LogP contribution in [0.4, 0.5) is 5.69 Å². The van der Waals surface area contributed by atoms with Gasteiger partial charge in [0.25, 0.3) is 0 Å². The van der Waals surface area contributed by atoms with Gasteiger partial charge in [0.15, 0.2) is 0 Å². The first-order chi connectivity index (χ1) is 15.0. The largest absolute Gasteiger partial charge is 0.492 e. The molecule has 0 aromatic heterocycles. The zero-order chi connectivity index (χ0) is 22.1. The lowest BCUT2D eigenvalue weighted by Gasteiger charge is -2.25. The van der Waals surface area contributed by atoms with Crippen LogP contribution in [0, 0.1) is 0 Å². The number of ether oxygens (including phenoxy) is 2. The number of para-hydroxylation sites is 1. The van der Waals surface area contributed by atoms with Gasteiger partial charge in [0, 0.05) is 5.69 Å². The number of anilines is 1. The van der Waals surface area contributed by atoms with Crippen molar-refractivity contribution in [1.82, 2.24) is 0 Å². The molecular formula is C24H23NO6. The third-order valence-electron chi connectivity index (χ3n) is 4.58. The number of carboxylic acid groups (broad SMARTS) is 2. The summed E-state index contributed by atoms with van der Waals surface area (Å²) in [6, 6.07) is 22.5. The van der Waals surface area contributed by atoms with E-state index in [0.29, 0.717) is 37.8 Å². The first-order valence-electron chi connectivity index (χ1n) is 9.75. The minimum absolute atomic E-state index is 0.215. The van der Waals surface area contributed by atoms with Crippen molar-refractivity contribution in [2.45, 2.75) is 0 Å². The molecule has 3 aromatic carbocycles. The number of carboxylic acids is 2. The van der Waals surface area contributed by atoms with Crippen LogP contribution in [0.1, 0.15) is 20.7 Å². The SMILES string of the molecule is O=C(O)c1ccc(OCCN(CCOc2ccc(C(=O)O)cc2)c2ccccc2)cc1. The summed E-state index contributed by atoms with van der Waals surface area (Å²) in [4.78, 5) is 24.0. The molecule has 0 saturated carbocycles. The van der Waals surface area contributed by atoms with Crippen molar-refractivity contribution in [3.05, 3.63) is 90.0 Å². The Morgan fingerprint density at radius 2 is 1.06 bits per heavy atom. The van der Waals surface area contributed by atoms with Crippen LogP contribution in [-0.2, 0) is 0 Å². The van der Waals surface area contributed by atoms with Crippen LogP contribution in [0.3, 0.4) is 0 Å². The van der Waals surface area contributed by atoms with E-state index in [1.807, 2.05) is 30.3 Å². The number of hydrogen-bond acceptors (Lipinski definition) is 5. The molecule has 0 heterocycles. The molecular weight excluding hydrogens is 398 g/mol. The van der Waals surface area contributed by atoms with Gasteiger partial charge in [-0.1, -0.05) is 18.2 Å². The molecule has 0 unspecified atom stereocenters. The zero-order valence-electron chi connectivity index (χ0n) is 16.8. The maximum absolute atomic E-state index is 10.9. The second-order valence-electron chi connectivity index (χ2n) is 6.68. The Morgan fingerprint density at radius 3 is 1.45 bits per heavy atom. The summed E-state index contributed by atoms with van der Waals surface area (Å²) in [5, 5.41) is 17.9. The fourth-order valence-corrected chi connectivity index (χ4v) is 2.94. The molecule has 0 spiro atoms. The van der Waals surface area contributed by atoms with Crippen molar-refractivity contribution in [1.29, 1.82) is 0 Å². The van der Waals surface area contributed by atoms with Gasteiger partial charge >= 0.3 is 11.9 Å². The highest BCUT2D eigenvalue weighted by atomic mass is 16.5. The average molecular weight is 421 g/mol. The van der Waals surface area contributed by atoms with Crippen molar-refractivity contribution in [2.24, 2.45) is 0 Å². The van der Waals surface area contributed by atoms with Crippen molar-refractivity contribution in [2.75, 3.05) is 31.2 Å². The molecule has 0 fully saturated rings. The second kappa shape index (κ2) is 10.7. The number of nitrogens with zero attached hydrogens (tertiary/aromatic N) is 1. The topological polar surface area (TPSA) is 96.3 Å². The van der Waals surface area contributed by atoms with Gasteiger partial charge in [0.05, 0.1) is 24.2 Å². The van der Waals surface area contributed by atoms with E-state index in [1.54, 1.807) is 24.3 Å². The lowest BCUT2D eigenvalue weighted by molar-refractivity contribution is 0.0686. The van der Waals surface area contributed by atoms with Crippen molar-refractivity contribution in [3.8, 4) is 11.5 Å². The zero-order valence-corrected chi connectivity index (χ0v) is 16.8. The highest BCUT2D eigenvalue weighted by Gasteiger charge is 2.08. The van der Waals surface area contributed by atoms with Crippen molar-refractivity contribution in [3.63, 3.8) is 0 Å². The third kappa shape index (κ3) is 6.50. The maximum atomic E-state index is 10.9. The fraction of sp³-hybridized carbons (Fsp3) is 0.167. The monoisotopic (exact) mass is 421 g/mol. The van der Waals surface area contributed by atoms with Crippen molar-refractivity contribution < 1.29 is 29.3 Å². The van der Waals surface area contributed by atoms with Crippen LogP contribution in [-0.4, -0.2) is 48.5 Å². The van der Waals surface area contributed by atoms with Gasteiger partial charge in [-0.2, -0.15) is 0 Å². The molecule has 0 radical (unpaired) electrons. The molecule has 0 aliphatic heterocycles. The van der Waals surface area contributed by atoms with E-state index >= 15 is 0 Å². The van der Waals surface area contributed by atoms with Crippen LogP contribution >= 0.6 is 0 Å². The van der Waals surface area contributed by atoms with E-state index in [0.717, 1.165) is 5.69 Å². The molecule has 0 aliphatic carbocycles. The molecule has 0 aliphatic rings. The molecule has 3 aromatic rings. The standard InChI is InChI=1S/C24H23NO6/c26-23(27)18-6-10-21(11-7-18)30-16-14-25(20-4-2-1-3-5-20)15-17-31-22-12-8-19(9-13-22)24(28)29/h1-13H,14-17H2,(H,26,27)(H,28,29). The van der Waals surface area contributed by atoms with Gasteiger partial charge in [-0.05, 0) is 60.7 Å². The minimum atomic E-state index is -0.973. The number of hydrogen-bond donors (Lipinski definition) is 2. The summed E-state index contributed by atoms with van der Waals surface area (Å²) < 4.78 is 11.5. The van der Waals surface area contributed by atoms with Gasteiger partial charge in [-0.25, -0.2) is 9.59 Å². The van der Waals surface area contributed by atoms with E-state index in [-0.39, 0.29) is 11.1 Å². The first-order valence-corrected chi connectivity index (χ1v) is 9.75. The van der Waals surface area contributed by atoms with Gasteiger partial charge in [-0.3, -0.25) is 0 Å². The lowest BCUT2D eigenvalue weighted by Crippen LogP contribution is -2.32. The van der Waals surface area contributed by atoms with Crippen molar-refractivity contribution >= 4 is 17.6 Å². The number of carbonyl (C=O) groups is 2. The Balaban J connectivity index is 1.54. The molecule has 7 nitrogen and oxygen atoms in total. The Kier molecular flexibility index (Phi) is 7.48. The Labute approximate surface area is 180 Å². The molecule has 2 N–H and O–H groups in total. The molecule has 31 heavy (non-hydrogen) atoms. The summed E-state index contributed by atoms with van der Waals surface area (Å²) in [6.07, 6.45) is 0. The maximum Gasteiger partial charge on any atom is 0.335 e. The summed E-state index contributed by atoms with van der Waals surface area (Å²) >= 11 is 0. The number of aromatic carboxylic acids is 2. The molecule has 0 amide bonds. The molecule has 7 heteroatoms. The van der Waals surface area contributed by atoms with E-state index in [9.17, 15) is 9.59 Å². The predicted octanol–water partition coefficient (Wildman–Crippen LogP) is 4.05. The van der Waals surface area contributed by atoms with E-state index in [1.165, 1.54) is 24.3 Å². The highest BCUT2D eigenvalue weighted by molar-refractivity contribution is 5.88. The Morgan fingerprint density at radius 1 is 0.645 bits per heavy atom. The van der Waals surface area contributed by atoms with Gasteiger partial charge < -0.3 is 24.6 Å².